The van der Waals surface area contributed by atoms with E-state index in [1.165, 1.54) is 0 Å². The number of amides is 1. The zero-order valence-corrected chi connectivity index (χ0v) is 10.0. The molecule has 0 radical (unpaired) electrons. The number of aliphatic imine (C=N–C) groups is 1. The number of fused-ring (bicyclic) bond motifs is 1. The molecule has 16 heavy (non-hydrogen) atoms. The Hall–Kier alpha value is -1.10. The number of hydrogen-bond donors (Lipinski definition) is 0. The zero-order chi connectivity index (χ0) is 11.8. The fourth-order valence-corrected chi connectivity index (χ4v) is 1.91. The van der Waals surface area contributed by atoms with Crippen molar-refractivity contribution in [1.82, 2.24) is 4.90 Å². The summed E-state index contributed by atoms with van der Waals surface area (Å²) in [6.45, 7) is 8.11. The standard InChI is InChI=1S/C11H18N2O3/c1-4-11(2,3)9-12-10(14)16-8-7-15-6-5-13(8)9/h8H,4-7H2,1-3H3. The van der Waals surface area contributed by atoms with E-state index in [4.69, 9.17) is 9.47 Å². The Bertz CT molecular complexity index is 325. The molecule has 1 atom stereocenters. The van der Waals surface area contributed by atoms with Crippen LogP contribution >= 0.6 is 0 Å². The van der Waals surface area contributed by atoms with Gasteiger partial charge in [-0.3, -0.25) is 0 Å². The smallest absolute Gasteiger partial charge is 0.421 e. The molecule has 2 aliphatic rings. The van der Waals surface area contributed by atoms with Gasteiger partial charge < -0.3 is 14.4 Å². The summed E-state index contributed by atoms with van der Waals surface area (Å²) in [5, 5.41) is 0. The van der Waals surface area contributed by atoms with Crippen molar-refractivity contribution in [3.8, 4) is 0 Å². The third-order valence-corrected chi connectivity index (χ3v) is 3.28. The third kappa shape index (κ3) is 1.91. The van der Waals surface area contributed by atoms with Crippen molar-refractivity contribution in [2.75, 3.05) is 19.8 Å². The Morgan fingerprint density at radius 3 is 3.00 bits per heavy atom. The fourth-order valence-electron chi connectivity index (χ4n) is 1.91. The average molecular weight is 226 g/mol. The number of amidine groups is 1. The number of carbonyl (C=O) groups is 1. The van der Waals surface area contributed by atoms with Gasteiger partial charge in [-0.2, -0.15) is 4.99 Å². The summed E-state index contributed by atoms with van der Waals surface area (Å²) < 4.78 is 10.4. The molecular formula is C11H18N2O3. The molecule has 2 rings (SSSR count). The second-order valence-electron chi connectivity index (χ2n) is 4.78. The minimum atomic E-state index is -0.497. The van der Waals surface area contributed by atoms with Gasteiger partial charge in [-0.25, -0.2) is 4.79 Å². The minimum Gasteiger partial charge on any atom is -0.421 e. The van der Waals surface area contributed by atoms with Gasteiger partial charge in [0.2, 0.25) is 6.23 Å². The van der Waals surface area contributed by atoms with Gasteiger partial charge in [0, 0.05) is 12.0 Å². The summed E-state index contributed by atoms with van der Waals surface area (Å²) >= 11 is 0. The topological polar surface area (TPSA) is 51.1 Å². The monoisotopic (exact) mass is 226 g/mol. The molecule has 90 valence electrons. The Labute approximate surface area is 95.4 Å². The lowest BCUT2D eigenvalue weighted by Gasteiger charge is -2.43. The lowest BCUT2D eigenvalue weighted by atomic mass is 9.87. The number of ether oxygens (including phenoxy) is 2. The number of carbonyl (C=O) groups excluding carboxylic acids is 1. The van der Waals surface area contributed by atoms with Crippen LogP contribution in [0.1, 0.15) is 27.2 Å². The second-order valence-corrected chi connectivity index (χ2v) is 4.78. The molecular weight excluding hydrogens is 208 g/mol. The van der Waals surface area contributed by atoms with Gasteiger partial charge in [0.15, 0.2) is 0 Å². The molecule has 5 heteroatoms. The molecule has 0 saturated carbocycles. The van der Waals surface area contributed by atoms with E-state index in [0.717, 1.165) is 18.8 Å². The molecule has 0 aromatic rings. The Kier molecular flexibility index (Phi) is 2.88. The molecule has 1 amide bonds. The van der Waals surface area contributed by atoms with E-state index in [-0.39, 0.29) is 11.6 Å². The quantitative estimate of drug-likeness (QED) is 0.718. The molecule has 0 aromatic heterocycles. The second kappa shape index (κ2) is 4.05. The van der Waals surface area contributed by atoms with Crippen LogP contribution in [0.5, 0.6) is 0 Å². The first kappa shape index (κ1) is 11.4. The largest absolute Gasteiger partial charge is 0.437 e. The Morgan fingerprint density at radius 2 is 2.31 bits per heavy atom. The van der Waals surface area contributed by atoms with Crippen LogP contribution in [0, 0.1) is 5.41 Å². The fraction of sp³-hybridized carbons (Fsp3) is 0.818. The highest BCUT2D eigenvalue weighted by Crippen LogP contribution is 2.29. The van der Waals surface area contributed by atoms with Gasteiger partial charge in [0.05, 0.1) is 6.61 Å². The molecule has 0 spiro atoms. The number of nitrogens with zero attached hydrogens (tertiary/aromatic N) is 2. The van der Waals surface area contributed by atoms with Crippen LogP contribution in [-0.4, -0.2) is 42.8 Å². The Morgan fingerprint density at radius 1 is 1.56 bits per heavy atom. The van der Waals surface area contributed by atoms with Crippen molar-refractivity contribution in [3.63, 3.8) is 0 Å². The first-order chi connectivity index (χ1) is 7.54. The highest BCUT2D eigenvalue weighted by atomic mass is 16.6. The van der Waals surface area contributed by atoms with Crippen molar-refractivity contribution in [1.29, 1.82) is 0 Å². The van der Waals surface area contributed by atoms with E-state index < -0.39 is 6.09 Å². The van der Waals surface area contributed by atoms with Crippen LogP contribution in [0.25, 0.3) is 0 Å². The molecule has 5 nitrogen and oxygen atoms in total. The summed E-state index contributed by atoms with van der Waals surface area (Å²) in [6.07, 6.45) is 0.145. The summed E-state index contributed by atoms with van der Waals surface area (Å²) in [6, 6.07) is 0. The van der Waals surface area contributed by atoms with Crippen LogP contribution in [0.15, 0.2) is 4.99 Å². The molecule has 0 N–H and O–H groups in total. The lowest BCUT2D eigenvalue weighted by Crippen LogP contribution is -2.56. The van der Waals surface area contributed by atoms with Crippen LogP contribution < -0.4 is 0 Å². The van der Waals surface area contributed by atoms with Gasteiger partial charge in [-0.05, 0) is 6.42 Å². The molecule has 2 aliphatic heterocycles. The average Bonchev–Trinajstić information content (AvgIpc) is 2.28. The molecule has 0 aromatic carbocycles. The van der Waals surface area contributed by atoms with Gasteiger partial charge in [-0.1, -0.05) is 20.8 Å². The van der Waals surface area contributed by atoms with Gasteiger partial charge >= 0.3 is 6.09 Å². The number of rotatable bonds is 2. The minimum absolute atomic E-state index is 0.102. The van der Waals surface area contributed by atoms with Crippen molar-refractivity contribution in [2.24, 2.45) is 10.4 Å². The first-order valence-electron chi connectivity index (χ1n) is 5.69. The van der Waals surface area contributed by atoms with E-state index >= 15 is 0 Å². The van der Waals surface area contributed by atoms with Crippen molar-refractivity contribution in [3.05, 3.63) is 0 Å². The highest BCUT2D eigenvalue weighted by Gasteiger charge is 2.39. The van der Waals surface area contributed by atoms with E-state index in [1.54, 1.807) is 0 Å². The number of morpholine rings is 1. The first-order valence-corrected chi connectivity index (χ1v) is 5.69. The van der Waals surface area contributed by atoms with Crippen LogP contribution in [0.4, 0.5) is 4.79 Å². The summed E-state index contributed by atoms with van der Waals surface area (Å²) in [4.78, 5) is 17.5. The van der Waals surface area contributed by atoms with Crippen LogP contribution in [-0.2, 0) is 9.47 Å². The van der Waals surface area contributed by atoms with Gasteiger partial charge in [-0.15, -0.1) is 0 Å². The maximum absolute atomic E-state index is 11.4. The van der Waals surface area contributed by atoms with Crippen LogP contribution in [0.3, 0.4) is 0 Å². The molecule has 2 heterocycles. The van der Waals surface area contributed by atoms with E-state index in [0.29, 0.717) is 13.2 Å². The molecule has 0 bridgehead atoms. The predicted molar refractivity (Wildman–Crippen MR) is 59.3 cm³/mol. The van der Waals surface area contributed by atoms with Crippen LogP contribution in [0.2, 0.25) is 0 Å². The maximum atomic E-state index is 11.4. The van der Waals surface area contributed by atoms with E-state index in [2.05, 4.69) is 30.7 Å². The summed E-state index contributed by atoms with van der Waals surface area (Å²) in [5.74, 6) is 0.833. The number of hydrogen-bond acceptors (Lipinski definition) is 4. The van der Waals surface area contributed by atoms with Crippen molar-refractivity contribution >= 4 is 11.9 Å². The lowest BCUT2D eigenvalue weighted by molar-refractivity contribution is -0.0862. The molecule has 0 aliphatic carbocycles. The summed E-state index contributed by atoms with van der Waals surface area (Å²) in [5.41, 5.74) is -0.102. The summed E-state index contributed by atoms with van der Waals surface area (Å²) in [7, 11) is 0. The third-order valence-electron chi connectivity index (χ3n) is 3.28. The highest BCUT2D eigenvalue weighted by molar-refractivity contribution is 5.97. The van der Waals surface area contributed by atoms with Gasteiger partial charge in [0.25, 0.3) is 0 Å². The predicted octanol–water partition coefficient (Wildman–Crippen LogP) is 1.63. The van der Waals surface area contributed by atoms with Gasteiger partial charge in [0.1, 0.15) is 12.4 Å². The molecule has 1 saturated heterocycles. The SMILES string of the molecule is CCC(C)(C)C1=NC(=O)OC2COCCN12. The van der Waals surface area contributed by atoms with E-state index in [9.17, 15) is 4.79 Å². The zero-order valence-electron chi connectivity index (χ0n) is 10.0. The molecule has 1 fully saturated rings. The Balaban J connectivity index is 2.30. The maximum Gasteiger partial charge on any atom is 0.437 e. The van der Waals surface area contributed by atoms with Crippen molar-refractivity contribution < 1.29 is 14.3 Å². The van der Waals surface area contributed by atoms with Crippen molar-refractivity contribution in [2.45, 2.75) is 33.4 Å². The molecule has 1 unspecified atom stereocenters. The van der Waals surface area contributed by atoms with E-state index in [1.807, 2.05) is 0 Å². The normalized spacial score (nSPS) is 25.9.